The fraction of sp³-hybridized carbons (Fsp3) is 0.467. The highest BCUT2D eigenvalue weighted by molar-refractivity contribution is 7.92. The van der Waals surface area contributed by atoms with Gasteiger partial charge < -0.3 is 10.2 Å². The Morgan fingerprint density at radius 3 is 2.15 bits per heavy atom. The van der Waals surface area contributed by atoms with Gasteiger partial charge in [0.05, 0.1) is 17.6 Å². The summed E-state index contributed by atoms with van der Waals surface area (Å²) in [5, 5.41) is 18.2. The normalized spacial score (nSPS) is 15.1. The molecule has 20 heavy (non-hydrogen) atoms. The Kier molecular flexibility index (Phi) is 5.50. The van der Waals surface area contributed by atoms with Crippen molar-refractivity contribution in [3.63, 3.8) is 0 Å². The number of benzene rings is 1. The molecule has 0 saturated heterocycles. The first-order valence-electron chi connectivity index (χ1n) is 6.49. The van der Waals surface area contributed by atoms with E-state index in [0.29, 0.717) is 0 Å². The highest BCUT2D eigenvalue weighted by Crippen LogP contribution is 2.26. The summed E-state index contributed by atoms with van der Waals surface area (Å²) in [7, 11) is -3.78. The van der Waals surface area contributed by atoms with E-state index in [2.05, 4.69) is 6.58 Å². The van der Waals surface area contributed by atoms with Gasteiger partial charge in [-0.2, -0.15) is 0 Å². The van der Waals surface area contributed by atoms with Crippen molar-refractivity contribution in [3.05, 3.63) is 42.0 Å². The minimum Gasteiger partial charge on any atom is -0.392 e. The monoisotopic (exact) mass is 298 g/mol. The molecule has 2 atom stereocenters. The molecule has 0 aliphatic rings. The largest absolute Gasteiger partial charge is 0.392 e. The first-order chi connectivity index (χ1) is 9.21. The maximum absolute atomic E-state index is 12.7. The molecule has 1 aromatic rings. The molecule has 4 nitrogen and oxygen atoms in total. The molecule has 5 heteroatoms. The van der Waals surface area contributed by atoms with Crippen molar-refractivity contribution in [2.75, 3.05) is 6.61 Å². The van der Waals surface area contributed by atoms with E-state index >= 15 is 0 Å². The van der Waals surface area contributed by atoms with Gasteiger partial charge in [-0.1, -0.05) is 38.1 Å². The Bertz CT molecular complexity index is 558. The number of aliphatic hydroxyl groups excluding tert-OH is 2. The lowest BCUT2D eigenvalue weighted by Gasteiger charge is -2.26. The smallest absolute Gasteiger partial charge is 0.187 e. The molecule has 1 rings (SSSR count). The first-order valence-corrected chi connectivity index (χ1v) is 8.03. The van der Waals surface area contributed by atoms with Crippen LogP contribution in [0.15, 0.2) is 41.3 Å². The Labute approximate surface area is 120 Å². The van der Waals surface area contributed by atoms with Gasteiger partial charge in [0.2, 0.25) is 0 Å². The van der Waals surface area contributed by atoms with E-state index in [-0.39, 0.29) is 16.4 Å². The van der Waals surface area contributed by atoms with E-state index in [1.165, 1.54) is 12.1 Å². The summed E-state index contributed by atoms with van der Waals surface area (Å²) in [5.74, 6) is -0.261. The predicted octanol–water partition coefficient (Wildman–Crippen LogP) is 1.70. The molecule has 0 aliphatic heterocycles. The number of aliphatic hydroxyl groups is 2. The van der Waals surface area contributed by atoms with Crippen LogP contribution < -0.4 is 0 Å². The topological polar surface area (TPSA) is 74.6 Å². The minimum absolute atomic E-state index is 0.103. The third-order valence-corrected chi connectivity index (χ3v) is 5.49. The average Bonchev–Trinajstić information content (AvgIpc) is 2.38. The summed E-state index contributed by atoms with van der Waals surface area (Å²) in [4.78, 5) is 0.127. The van der Waals surface area contributed by atoms with Gasteiger partial charge in [-0.3, -0.25) is 0 Å². The third-order valence-electron chi connectivity index (χ3n) is 3.28. The highest BCUT2D eigenvalue weighted by atomic mass is 32.2. The molecule has 112 valence electrons. The van der Waals surface area contributed by atoms with E-state index in [1.54, 1.807) is 26.0 Å². The maximum atomic E-state index is 12.7. The van der Waals surface area contributed by atoms with Gasteiger partial charge in [0.1, 0.15) is 5.25 Å². The third kappa shape index (κ3) is 3.48. The fourth-order valence-electron chi connectivity index (χ4n) is 1.96. The zero-order valence-electron chi connectivity index (χ0n) is 12.1. The van der Waals surface area contributed by atoms with Gasteiger partial charge >= 0.3 is 0 Å². The van der Waals surface area contributed by atoms with Crippen LogP contribution in [0.2, 0.25) is 0 Å². The van der Waals surface area contributed by atoms with E-state index in [4.69, 9.17) is 0 Å². The van der Waals surface area contributed by atoms with Crippen molar-refractivity contribution in [2.24, 2.45) is 5.92 Å². The van der Waals surface area contributed by atoms with Crippen molar-refractivity contribution in [1.29, 1.82) is 0 Å². The lowest BCUT2D eigenvalue weighted by atomic mass is 10.00. The van der Waals surface area contributed by atoms with Crippen LogP contribution in [0.3, 0.4) is 0 Å². The predicted molar refractivity (Wildman–Crippen MR) is 79.2 cm³/mol. The van der Waals surface area contributed by atoms with Crippen LogP contribution in [0.4, 0.5) is 0 Å². The molecule has 1 aromatic carbocycles. The average molecular weight is 298 g/mol. The Morgan fingerprint density at radius 1 is 1.25 bits per heavy atom. The first kappa shape index (κ1) is 16.9. The number of hydrogen-bond acceptors (Lipinski definition) is 4. The van der Waals surface area contributed by atoms with Crippen LogP contribution in [-0.4, -0.2) is 36.6 Å². The minimum atomic E-state index is -3.78. The second-order valence-corrected chi connectivity index (χ2v) is 7.40. The van der Waals surface area contributed by atoms with Crippen molar-refractivity contribution in [3.8, 4) is 0 Å². The van der Waals surface area contributed by atoms with Crippen LogP contribution in [0.1, 0.15) is 19.4 Å². The molecule has 0 unspecified atom stereocenters. The van der Waals surface area contributed by atoms with E-state index in [1.807, 2.05) is 6.92 Å². The van der Waals surface area contributed by atoms with Crippen LogP contribution in [0, 0.1) is 12.8 Å². The fourth-order valence-corrected chi connectivity index (χ4v) is 3.96. The Hall–Kier alpha value is -1.17. The van der Waals surface area contributed by atoms with Crippen LogP contribution in [0.5, 0.6) is 0 Å². The van der Waals surface area contributed by atoms with Gasteiger partial charge in [0.25, 0.3) is 0 Å². The number of sulfone groups is 1. The second kappa shape index (κ2) is 6.52. The summed E-state index contributed by atoms with van der Waals surface area (Å²) in [5.41, 5.74) is 1.05. The summed E-state index contributed by atoms with van der Waals surface area (Å²) >= 11 is 0. The van der Waals surface area contributed by atoms with Gasteiger partial charge in [0.15, 0.2) is 9.84 Å². The van der Waals surface area contributed by atoms with E-state index < -0.39 is 27.8 Å². The van der Waals surface area contributed by atoms with E-state index in [9.17, 15) is 18.6 Å². The van der Waals surface area contributed by atoms with Gasteiger partial charge in [-0.15, -0.1) is 0 Å². The standard InChI is InChI=1S/C15H22O4S/c1-10(2)14(17)15(12(4)9-16)20(18,19)13-7-5-11(3)6-8-13/h5-8,10,14-17H,4,9H2,1-3H3/t14-,15+/m1/s1. The lowest BCUT2D eigenvalue weighted by Crippen LogP contribution is -2.39. The molecule has 0 spiro atoms. The number of rotatable bonds is 6. The van der Waals surface area contributed by atoms with Crippen molar-refractivity contribution in [2.45, 2.75) is 37.0 Å². The summed E-state index contributed by atoms with van der Waals surface area (Å²) in [6, 6.07) is 6.42. The zero-order chi connectivity index (χ0) is 15.5. The molecular weight excluding hydrogens is 276 g/mol. The summed E-state index contributed by atoms with van der Waals surface area (Å²) in [6.07, 6.45) is -1.11. The van der Waals surface area contributed by atoms with Crippen LogP contribution in [0.25, 0.3) is 0 Å². The maximum Gasteiger partial charge on any atom is 0.187 e. The molecule has 0 aromatic heterocycles. The van der Waals surface area contributed by atoms with Crippen molar-refractivity contribution in [1.82, 2.24) is 0 Å². The Morgan fingerprint density at radius 2 is 1.75 bits per heavy atom. The van der Waals surface area contributed by atoms with Crippen molar-refractivity contribution >= 4 is 9.84 Å². The molecule has 0 radical (unpaired) electrons. The molecule has 0 heterocycles. The Balaban J connectivity index is 3.31. The molecule has 0 amide bonds. The van der Waals surface area contributed by atoms with Crippen LogP contribution in [-0.2, 0) is 9.84 Å². The molecular formula is C15H22O4S. The van der Waals surface area contributed by atoms with Gasteiger partial charge in [-0.05, 0) is 30.5 Å². The van der Waals surface area contributed by atoms with Gasteiger partial charge in [0, 0.05) is 0 Å². The second-order valence-electron chi connectivity index (χ2n) is 5.33. The zero-order valence-corrected chi connectivity index (χ0v) is 12.9. The number of hydrogen-bond donors (Lipinski definition) is 2. The van der Waals surface area contributed by atoms with Crippen LogP contribution >= 0.6 is 0 Å². The van der Waals surface area contributed by atoms with Gasteiger partial charge in [-0.25, -0.2) is 8.42 Å². The molecule has 0 bridgehead atoms. The summed E-state index contributed by atoms with van der Waals surface area (Å²) < 4.78 is 25.3. The number of aryl methyl sites for hydroxylation is 1. The molecule has 0 saturated carbocycles. The molecule has 2 N–H and O–H groups in total. The SMILES string of the molecule is C=C(CO)[C@@H]([C@H](O)C(C)C)S(=O)(=O)c1ccc(C)cc1. The lowest BCUT2D eigenvalue weighted by molar-refractivity contribution is 0.124. The highest BCUT2D eigenvalue weighted by Gasteiger charge is 2.37. The quantitative estimate of drug-likeness (QED) is 0.784. The molecule has 0 aliphatic carbocycles. The van der Waals surface area contributed by atoms with Crippen molar-refractivity contribution < 1.29 is 18.6 Å². The molecule has 0 fully saturated rings. The summed E-state index contributed by atoms with van der Waals surface area (Å²) in [6.45, 7) is 8.45. The van der Waals surface area contributed by atoms with E-state index in [0.717, 1.165) is 5.56 Å².